The lowest BCUT2D eigenvalue weighted by Gasteiger charge is -2.16. The Bertz CT molecular complexity index is 981. The minimum atomic E-state index is -0.632. The van der Waals surface area contributed by atoms with Crippen LogP contribution in [0.3, 0.4) is 0 Å². The normalized spacial score (nSPS) is 12.6. The van der Waals surface area contributed by atoms with E-state index in [1.807, 2.05) is 24.3 Å². The number of hydrogen-bond donors (Lipinski definition) is 4. The van der Waals surface area contributed by atoms with E-state index in [0.717, 1.165) is 27.9 Å². The molecule has 0 saturated carbocycles. The maximum atomic E-state index is 12.8. The number of anilines is 2. The van der Waals surface area contributed by atoms with Gasteiger partial charge < -0.3 is 27.1 Å². The van der Waals surface area contributed by atoms with E-state index in [1.165, 1.54) is 11.1 Å². The highest BCUT2D eigenvalue weighted by molar-refractivity contribution is 6.06. The maximum Gasteiger partial charge on any atom is 0.256 e. The maximum absolute atomic E-state index is 12.8. The molecule has 0 aromatic heterocycles. The Morgan fingerprint density at radius 3 is 2.74 bits per heavy atom. The van der Waals surface area contributed by atoms with E-state index in [-0.39, 0.29) is 18.0 Å². The van der Waals surface area contributed by atoms with Crippen molar-refractivity contribution in [1.82, 2.24) is 4.90 Å². The zero-order chi connectivity index (χ0) is 19.7. The number of primary amides is 1. The van der Waals surface area contributed by atoms with Gasteiger partial charge in [0, 0.05) is 42.3 Å². The van der Waals surface area contributed by atoms with E-state index in [4.69, 9.17) is 16.9 Å². The van der Waals surface area contributed by atoms with Crippen molar-refractivity contribution in [2.75, 3.05) is 24.6 Å². The molecule has 3 rings (SSSR count). The molecule has 0 atom stereocenters. The van der Waals surface area contributed by atoms with E-state index in [2.05, 4.69) is 11.9 Å². The van der Waals surface area contributed by atoms with E-state index in [1.54, 1.807) is 13.1 Å². The number of amides is 2. The molecule has 0 saturated heterocycles. The summed E-state index contributed by atoms with van der Waals surface area (Å²) in [7, 11) is 1.79. The first kappa shape index (κ1) is 18.2. The Kier molecular flexibility index (Phi) is 4.68. The Labute approximate surface area is 157 Å². The van der Waals surface area contributed by atoms with Gasteiger partial charge in [-0.2, -0.15) is 0 Å². The van der Waals surface area contributed by atoms with Crippen molar-refractivity contribution in [2.45, 2.75) is 6.54 Å². The predicted molar refractivity (Wildman–Crippen MR) is 107 cm³/mol. The molecular formula is C20H21N5O2. The largest absolute Gasteiger partial charge is 0.398 e. The molecule has 0 radical (unpaired) electrons. The van der Waals surface area contributed by atoms with Crippen LogP contribution in [0.2, 0.25) is 0 Å². The second-order valence-corrected chi connectivity index (χ2v) is 6.38. The highest BCUT2D eigenvalue weighted by atomic mass is 16.2. The quantitative estimate of drug-likeness (QED) is 0.356. The van der Waals surface area contributed by atoms with Gasteiger partial charge in [0.15, 0.2) is 0 Å². The van der Waals surface area contributed by atoms with Gasteiger partial charge in [-0.25, -0.2) is 0 Å². The lowest BCUT2D eigenvalue weighted by molar-refractivity contribution is -0.114. The van der Waals surface area contributed by atoms with E-state index in [0.29, 0.717) is 17.8 Å². The fourth-order valence-electron chi connectivity index (χ4n) is 3.28. The first-order valence-electron chi connectivity index (χ1n) is 8.38. The van der Waals surface area contributed by atoms with E-state index in [9.17, 15) is 9.59 Å². The smallest absolute Gasteiger partial charge is 0.256 e. The molecule has 6 N–H and O–H groups in total. The number of fused-ring (bicyclic) bond motifs is 1. The molecule has 1 aliphatic heterocycles. The number of carbonyl (C=O) groups excluding carboxylic acids is 2. The predicted octanol–water partition coefficient (Wildman–Crippen LogP) is 1.97. The van der Waals surface area contributed by atoms with Crippen molar-refractivity contribution in [2.24, 2.45) is 5.73 Å². The second-order valence-electron chi connectivity index (χ2n) is 6.38. The third-order valence-corrected chi connectivity index (χ3v) is 4.71. The first-order chi connectivity index (χ1) is 12.9. The van der Waals surface area contributed by atoms with Crippen LogP contribution in [0.4, 0.5) is 11.4 Å². The molecule has 2 aromatic carbocycles. The number of nitrogens with one attached hydrogen (secondary N) is 2. The number of nitrogen functional groups attached to an aromatic ring is 1. The fourth-order valence-corrected chi connectivity index (χ4v) is 3.28. The Hall–Kier alpha value is -3.61. The van der Waals surface area contributed by atoms with Gasteiger partial charge in [-0.3, -0.25) is 9.59 Å². The summed E-state index contributed by atoms with van der Waals surface area (Å²) < 4.78 is 0. The van der Waals surface area contributed by atoms with Crippen molar-refractivity contribution in [3.63, 3.8) is 0 Å². The molecule has 138 valence electrons. The number of hydrogen-bond acceptors (Lipinski definition) is 5. The molecule has 27 heavy (non-hydrogen) atoms. The minimum absolute atomic E-state index is 0.0657. The second kappa shape index (κ2) is 6.95. The van der Waals surface area contributed by atoms with Crippen LogP contribution >= 0.6 is 0 Å². The number of rotatable bonds is 6. The summed E-state index contributed by atoms with van der Waals surface area (Å²) in [5.41, 5.74) is 16.5. The summed E-state index contributed by atoms with van der Waals surface area (Å²) in [6.07, 6.45) is 1.28. The topological polar surface area (TPSA) is 125 Å². The van der Waals surface area contributed by atoms with Gasteiger partial charge >= 0.3 is 0 Å². The van der Waals surface area contributed by atoms with Crippen molar-refractivity contribution >= 4 is 29.4 Å². The fraction of sp³-hybridized carbons (Fsp3) is 0.150. The number of nitrogens with two attached hydrogens (primary N) is 2. The number of carbonyl (C=O) groups is 2. The molecule has 0 bridgehead atoms. The molecule has 0 fully saturated rings. The van der Waals surface area contributed by atoms with Crippen LogP contribution in [-0.2, 0) is 11.3 Å². The van der Waals surface area contributed by atoms with Crippen LogP contribution in [0.1, 0.15) is 21.5 Å². The average molecular weight is 363 g/mol. The molecule has 7 heteroatoms. The summed E-state index contributed by atoms with van der Waals surface area (Å²) in [6, 6.07) is 9.28. The summed E-state index contributed by atoms with van der Waals surface area (Å²) in [5, 5.41) is 10.6. The first-order valence-corrected chi connectivity index (χ1v) is 8.38. The molecule has 0 spiro atoms. The van der Waals surface area contributed by atoms with Gasteiger partial charge in [0.1, 0.15) is 0 Å². The molecule has 1 aliphatic rings. The minimum Gasteiger partial charge on any atom is -0.398 e. The zero-order valence-corrected chi connectivity index (χ0v) is 15.0. The van der Waals surface area contributed by atoms with Gasteiger partial charge in [0.2, 0.25) is 5.91 Å². The SMILES string of the molecule is C=C(CN1Cc2c(-c3ccc(C=N)c(NC)c3)ccc(N)c2C1=O)C(N)=O. The van der Waals surface area contributed by atoms with Crippen LogP contribution in [0, 0.1) is 5.41 Å². The molecule has 2 amide bonds. The van der Waals surface area contributed by atoms with Crippen LogP contribution in [0.5, 0.6) is 0 Å². The highest BCUT2D eigenvalue weighted by Crippen LogP contribution is 2.37. The van der Waals surface area contributed by atoms with E-state index >= 15 is 0 Å². The van der Waals surface area contributed by atoms with Crippen LogP contribution < -0.4 is 16.8 Å². The van der Waals surface area contributed by atoms with Crippen molar-refractivity contribution < 1.29 is 9.59 Å². The third-order valence-electron chi connectivity index (χ3n) is 4.71. The molecule has 1 heterocycles. The summed E-state index contributed by atoms with van der Waals surface area (Å²) in [6.45, 7) is 4.02. The molecule has 7 nitrogen and oxygen atoms in total. The van der Waals surface area contributed by atoms with Crippen LogP contribution in [0.25, 0.3) is 11.1 Å². The highest BCUT2D eigenvalue weighted by Gasteiger charge is 2.32. The van der Waals surface area contributed by atoms with Gasteiger partial charge in [-0.1, -0.05) is 24.8 Å². The Morgan fingerprint density at radius 2 is 2.11 bits per heavy atom. The van der Waals surface area contributed by atoms with Gasteiger partial charge in [-0.15, -0.1) is 0 Å². The average Bonchev–Trinajstić information content (AvgIpc) is 2.98. The molecule has 0 unspecified atom stereocenters. The van der Waals surface area contributed by atoms with Gasteiger partial charge in [0.05, 0.1) is 12.1 Å². The lowest BCUT2D eigenvalue weighted by atomic mass is 9.94. The Balaban J connectivity index is 2.06. The monoisotopic (exact) mass is 363 g/mol. The van der Waals surface area contributed by atoms with E-state index < -0.39 is 5.91 Å². The summed E-state index contributed by atoms with van der Waals surface area (Å²) in [4.78, 5) is 25.6. The number of nitrogens with zero attached hydrogens (tertiary/aromatic N) is 1. The van der Waals surface area contributed by atoms with Gasteiger partial charge in [-0.05, 0) is 28.8 Å². The van der Waals surface area contributed by atoms with Crippen molar-refractivity contribution in [3.05, 3.63) is 59.2 Å². The third kappa shape index (κ3) is 3.15. The summed E-state index contributed by atoms with van der Waals surface area (Å²) >= 11 is 0. The zero-order valence-electron chi connectivity index (χ0n) is 15.0. The standard InChI is InChI=1S/C20H21N5O2/c1-11(19(23)26)9-25-10-15-14(5-6-16(22)18(15)20(25)27)12-3-4-13(8-21)17(7-12)24-2/h3-8,21,24H,1,9-10,22H2,2H3,(H2,23,26). The molecular weight excluding hydrogens is 342 g/mol. The lowest BCUT2D eigenvalue weighted by Crippen LogP contribution is -2.30. The Morgan fingerprint density at radius 1 is 1.37 bits per heavy atom. The molecule has 2 aromatic rings. The number of benzene rings is 2. The summed E-state index contributed by atoms with van der Waals surface area (Å²) in [5.74, 6) is -0.871. The van der Waals surface area contributed by atoms with Crippen LogP contribution in [0.15, 0.2) is 42.5 Å². The van der Waals surface area contributed by atoms with Crippen molar-refractivity contribution in [3.8, 4) is 11.1 Å². The molecule has 0 aliphatic carbocycles. The van der Waals surface area contributed by atoms with Crippen molar-refractivity contribution in [1.29, 1.82) is 5.41 Å². The van der Waals surface area contributed by atoms with Crippen LogP contribution in [-0.4, -0.2) is 36.5 Å². The van der Waals surface area contributed by atoms with Gasteiger partial charge in [0.25, 0.3) is 5.91 Å².